The largest absolute Gasteiger partial charge is 0.457 e. The Morgan fingerprint density at radius 2 is 1.85 bits per heavy atom. The van der Waals surface area contributed by atoms with E-state index < -0.39 is 22.8 Å². The molecular weight excluding hydrogens is 473 g/mol. The van der Waals surface area contributed by atoms with Crippen LogP contribution in [0.3, 0.4) is 0 Å². The van der Waals surface area contributed by atoms with E-state index >= 15 is 0 Å². The number of amides is 3. The molecule has 0 atom stereocenters. The van der Waals surface area contributed by atoms with Gasteiger partial charge in [-0.15, -0.1) is 0 Å². The fourth-order valence-electron chi connectivity index (χ4n) is 3.53. The number of anilines is 2. The Hall–Kier alpha value is -3.79. The number of benzene rings is 2. The van der Waals surface area contributed by atoms with Crippen LogP contribution in [0.2, 0.25) is 5.02 Å². The maximum absolute atomic E-state index is 13.1. The normalized spacial score (nSPS) is 12.8. The molecule has 1 aliphatic rings. The standard InChI is InChI=1S/C23H18ClF3N4O3/c1-28-21(32)19-12-16(6-8-29-19)34-15-3-5-20-13(10-15)7-9-31(20)22(33)30-14-2-4-18(24)17(11-14)23(25,26)27/h2-6,8,10-12H,7,9H2,1H3,(H,28,32)(H,30,33). The molecule has 0 radical (unpaired) electrons. The fraction of sp³-hybridized carbons (Fsp3) is 0.174. The third-order valence-electron chi connectivity index (χ3n) is 5.14. The van der Waals surface area contributed by atoms with Crippen molar-refractivity contribution < 1.29 is 27.5 Å². The number of nitrogens with zero attached hydrogens (tertiary/aromatic N) is 2. The number of nitrogens with one attached hydrogen (secondary N) is 2. The van der Waals surface area contributed by atoms with Crippen LogP contribution in [0.15, 0.2) is 54.7 Å². The fourth-order valence-corrected chi connectivity index (χ4v) is 3.75. The van der Waals surface area contributed by atoms with Crippen molar-refractivity contribution in [1.29, 1.82) is 0 Å². The lowest BCUT2D eigenvalue weighted by Gasteiger charge is -2.19. The van der Waals surface area contributed by atoms with E-state index in [9.17, 15) is 22.8 Å². The topological polar surface area (TPSA) is 83.6 Å². The number of fused-ring (bicyclic) bond motifs is 1. The zero-order valence-corrected chi connectivity index (χ0v) is 18.5. The molecule has 0 saturated heterocycles. The summed E-state index contributed by atoms with van der Waals surface area (Å²) in [6, 6.07) is 10.9. The number of rotatable bonds is 4. The number of pyridine rings is 1. The lowest BCUT2D eigenvalue weighted by Crippen LogP contribution is -2.33. The van der Waals surface area contributed by atoms with Gasteiger partial charge in [0.1, 0.15) is 17.2 Å². The van der Waals surface area contributed by atoms with Gasteiger partial charge in [0, 0.05) is 37.2 Å². The average molecular weight is 491 g/mol. The number of urea groups is 1. The van der Waals surface area contributed by atoms with Crippen molar-refractivity contribution >= 4 is 34.9 Å². The van der Waals surface area contributed by atoms with E-state index in [1.165, 1.54) is 30.3 Å². The van der Waals surface area contributed by atoms with Gasteiger partial charge in [-0.05, 0) is 54.4 Å². The van der Waals surface area contributed by atoms with Crippen LogP contribution in [0.4, 0.5) is 29.3 Å². The highest BCUT2D eigenvalue weighted by Crippen LogP contribution is 2.37. The third kappa shape index (κ3) is 4.91. The molecule has 11 heteroatoms. The SMILES string of the molecule is CNC(=O)c1cc(Oc2ccc3c(c2)CCN3C(=O)Nc2ccc(Cl)c(C(F)(F)F)c2)ccn1. The first-order valence-electron chi connectivity index (χ1n) is 10.1. The number of carbonyl (C=O) groups excluding carboxylic acids is 2. The first kappa shape index (κ1) is 23.4. The summed E-state index contributed by atoms with van der Waals surface area (Å²) in [5.74, 6) is 0.580. The van der Waals surface area contributed by atoms with Crippen LogP contribution in [-0.2, 0) is 12.6 Å². The molecule has 0 bridgehead atoms. The molecule has 176 valence electrons. The summed E-state index contributed by atoms with van der Waals surface area (Å²) in [5.41, 5.74) is 0.627. The minimum Gasteiger partial charge on any atom is -0.457 e. The van der Waals surface area contributed by atoms with E-state index in [1.807, 2.05) is 0 Å². The predicted molar refractivity (Wildman–Crippen MR) is 121 cm³/mol. The molecule has 2 aromatic carbocycles. The van der Waals surface area contributed by atoms with Crippen molar-refractivity contribution in [1.82, 2.24) is 10.3 Å². The molecule has 1 aliphatic heterocycles. The van der Waals surface area contributed by atoms with Gasteiger partial charge in [-0.2, -0.15) is 13.2 Å². The molecule has 2 N–H and O–H groups in total. The van der Waals surface area contributed by atoms with Gasteiger partial charge in [0.05, 0.1) is 10.6 Å². The second kappa shape index (κ2) is 9.22. The van der Waals surface area contributed by atoms with Gasteiger partial charge in [-0.25, -0.2) is 4.79 Å². The number of hydrogen-bond donors (Lipinski definition) is 2. The molecule has 1 aromatic heterocycles. The van der Waals surface area contributed by atoms with E-state index in [4.69, 9.17) is 16.3 Å². The van der Waals surface area contributed by atoms with Crippen LogP contribution in [0.5, 0.6) is 11.5 Å². The summed E-state index contributed by atoms with van der Waals surface area (Å²) < 4.78 is 45.1. The molecule has 2 heterocycles. The minimum atomic E-state index is -4.63. The van der Waals surface area contributed by atoms with Crippen LogP contribution in [0.25, 0.3) is 0 Å². The van der Waals surface area contributed by atoms with Crippen molar-refractivity contribution in [2.45, 2.75) is 12.6 Å². The second-order valence-electron chi connectivity index (χ2n) is 7.37. The molecule has 0 unspecified atom stereocenters. The molecule has 0 aliphatic carbocycles. The lowest BCUT2D eigenvalue weighted by molar-refractivity contribution is -0.137. The third-order valence-corrected chi connectivity index (χ3v) is 5.47. The number of ether oxygens (including phenoxy) is 1. The van der Waals surface area contributed by atoms with Gasteiger partial charge in [0.2, 0.25) is 0 Å². The Bertz CT molecular complexity index is 1270. The Morgan fingerprint density at radius 1 is 1.09 bits per heavy atom. The smallest absolute Gasteiger partial charge is 0.417 e. The van der Waals surface area contributed by atoms with Gasteiger partial charge >= 0.3 is 12.2 Å². The van der Waals surface area contributed by atoms with Gasteiger partial charge in [-0.3, -0.25) is 14.7 Å². The molecule has 0 saturated carbocycles. The van der Waals surface area contributed by atoms with Crippen molar-refractivity contribution in [2.24, 2.45) is 0 Å². The van der Waals surface area contributed by atoms with Crippen molar-refractivity contribution in [3.05, 3.63) is 76.6 Å². The quantitative estimate of drug-likeness (QED) is 0.506. The summed E-state index contributed by atoms with van der Waals surface area (Å²) >= 11 is 5.64. The van der Waals surface area contributed by atoms with Crippen LogP contribution >= 0.6 is 11.6 Å². The summed E-state index contributed by atoms with van der Waals surface area (Å²) in [6.45, 7) is 0.348. The monoisotopic (exact) mass is 490 g/mol. The molecule has 0 fully saturated rings. The molecule has 3 aromatic rings. The van der Waals surface area contributed by atoms with E-state index in [0.717, 1.165) is 17.7 Å². The highest BCUT2D eigenvalue weighted by Gasteiger charge is 2.34. The number of aromatic nitrogens is 1. The van der Waals surface area contributed by atoms with Crippen LogP contribution < -0.4 is 20.3 Å². The van der Waals surface area contributed by atoms with Crippen molar-refractivity contribution in [3.63, 3.8) is 0 Å². The van der Waals surface area contributed by atoms with Crippen LogP contribution in [-0.4, -0.2) is 30.5 Å². The number of carbonyl (C=O) groups is 2. The average Bonchev–Trinajstić information content (AvgIpc) is 3.22. The van der Waals surface area contributed by atoms with E-state index in [1.54, 1.807) is 24.3 Å². The minimum absolute atomic E-state index is 0.0141. The van der Waals surface area contributed by atoms with Gasteiger partial charge < -0.3 is 15.4 Å². The maximum atomic E-state index is 13.1. The van der Waals surface area contributed by atoms with E-state index in [-0.39, 0.29) is 17.3 Å². The van der Waals surface area contributed by atoms with Crippen molar-refractivity contribution in [2.75, 3.05) is 23.8 Å². The summed E-state index contributed by atoms with van der Waals surface area (Å²) in [6.07, 6.45) is -2.64. The number of alkyl halides is 3. The van der Waals surface area contributed by atoms with Gasteiger partial charge in [0.15, 0.2) is 0 Å². The summed E-state index contributed by atoms with van der Waals surface area (Å²) in [5, 5.41) is 4.54. The zero-order chi connectivity index (χ0) is 24.5. The summed E-state index contributed by atoms with van der Waals surface area (Å²) in [4.78, 5) is 29.9. The van der Waals surface area contributed by atoms with Gasteiger partial charge in [0.25, 0.3) is 5.91 Å². The Labute approximate surface area is 197 Å². The number of hydrogen-bond acceptors (Lipinski definition) is 4. The Morgan fingerprint density at radius 3 is 2.59 bits per heavy atom. The zero-order valence-electron chi connectivity index (χ0n) is 17.7. The lowest BCUT2D eigenvalue weighted by atomic mass is 10.1. The van der Waals surface area contributed by atoms with Gasteiger partial charge in [-0.1, -0.05) is 11.6 Å². The molecule has 0 spiro atoms. The molecule has 4 rings (SSSR count). The van der Waals surface area contributed by atoms with E-state index in [0.29, 0.717) is 30.2 Å². The highest BCUT2D eigenvalue weighted by atomic mass is 35.5. The summed E-state index contributed by atoms with van der Waals surface area (Å²) in [7, 11) is 1.50. The van der Waals surface area contributed by atoms with Crippen LogP contribution in [0.1, 0.15) is 21.6 Å². The van der Waals surface area contributed by atoms with Crippen molar-refractivity contribution in [3.8, 4) is 11.5 Å². The molecule has 3 amide bonds. The molecule has 34 heavy (non-hydrogen) atoms. The Balaban J connectivity index is 1.49. The molecular formula is C23H18ClF3N4O3. The Kier molecular flexibility index (Phi) is 6.34. The number of halogens is 4. The first-order valence-corrected chi connectivity index (χ1v) is 10.5. The maximum Gasteiger partial charge on any atom is 0.417 e. The first-order chi connectivity index (χ1) is 16.2. The predicted octanol–water partition coefficient (Wildman–Crippen LogP) is 5.50. The highest BCUT2D eigenvalue weighted by molar-refractivity contribution is 6.31. The molecule has 7 nitrogen and oxygen atoms in total. The van der Waals surface area contributed by atoms with Crippen LogP contribution in [0, 0.1) is 0 Å². The van der Waals surface area contributed by atoms with E-state index in [2.05, 4.69) is 15.6 Å². The second-order valence-corrected chi connectivity index (χ2v) is 7.78.